The van der Waals surface area contributed by atoms with E-state index in [1.807, 2.05) is 19.1 Å². The fourth-order valence-corrected chi connectivity index (χ4v) is 1.25. The standard InChI is InChI=1S/C11H10N2O2/c1-8-4-2-6-10(12-8)13-11(14)9-5-3-7-15-9/h2-7H,1H3,(H,12,13,14)/p+1. The summed E-state index contributed by atoms with van der Waals surface area (Å²) in [6.07, 6.45) is 1.47. The van der Waals surface area contributed by atoms with Crippen molar-refractivity contribution in [1.29, 1.82) is 0 Å². The van der Waals surface area contributed by atoms with E-state index in [1.54, 1.807) is 18.2 Å². The molecule has 2 N–H and O–H groups in total. The number of rotatable bonds is 2. The summed E-state index contributed by atoms with van der Waals surface area (Å²) in [7, 11) is 0. The Hall–Kier alpha value is -2.10. The second-order valence-electron chi connectivity index (χ2n) is 3.18. The molecule has 0 aliphatic heterocycles. The molecule has 0 atom stereocenters. The molecular formula is C11H11N2O2+. The smallest absolute Gasteiger partial charge is 0.374 e. The van der Waals surface area contributed by atoms with E-state index in [-0.39, 0.29) is 5.91 Å². The van der Waals surface area contributed by atoms with Gasteiger partial charge in [0.15, 0.2) is 0 Å². The van der Waals surface area contributed by atoms with Gasteiger partial charge in [0.2, 0.25) is 5.76 Å². The van der Waals surface area contributed by atoms with E-state index in [1.165, 1.54) is 6.26 Å². The molecule has 2 aromatic rings. The lowest BCUT2D eigenvalue weighted by molar-refractivity contribution is -0.370. The number of aromatic nitrogens is 1. The van der Waals surface area contributed by atoms with Crippen molar-refractivity contribution in [1.82, 2.24) is 0 Å². The zero-order valence-corrected chi connectivity index (χ0v) is 8.28. The highest BCUT2D eigenvalue weighted by molar-refractivity contribution is 6.01. The number of H-pyrrole nitrogens is 1. The minimum Gasteiger partial charge on any atom is -0.457 e. The average molecular weight is 203 g/mol. The Bertz CT molecular complexity index is 463. The lowest BCUT2D eigenvalue weighted by Crippen LogP contribution is -2.20. The first-order valence-corrected chi connectivity index (χ1v) is 4.59. The molecule has 0 fully saturated rings. The van der Waals surface area contributed by atoms with Crippen LogP contribution in [0.25, 0.3) is 0 Å². The van der Waals surface area contributed by atoms with Crippen molar-refractivity contribution in [2.75, 3.05) is 5.32 Å². The summed E-state index contributed by atoms with van der Waals surface area (Å²) in [5.41, 5.74) is 0.979. The first-order valence-electron chi connectivity index (χ1n) is 4.59. The SMILES string of the molecule is Cc1cccc(NC(=O)c2ccco2)[nH+]1. The van der Waals surface area contributed by atoms with Gasteiger partial charge in [-0.1, -0.05) is 6.07 Å². The second-order valence-corrected chi connectivity index (χ2v) is 3.18. The highest BCUT2D eigenvalue weighted by Gasteiger charge is 2.14. The molecule has 0 bridgehead atoms. The molecule has 2 aromatic heterocycles. The summed E-state index contributed by atoms with van der Waals surface area (Å²) in [5, 5.41) is 2.70. The number of furan rings is 1. The maximum Gasteiger partial charge on any atom is 0.374 e. The van der Waals surface area contributed by atoms with Crippen molar-refractivity contribution in [2.24, 2.45) is 0 Å². The van der Waals surface area contributed by atoms with Crippen molar-refractivity contribution in [3.05, 3.63) is 48.0 Å². The normalized spacial score (nSPS) is 9.93. The third-order valence-corrected chi connectivity index (χ3v) is 1.93. The van der Waals surface area contributed by atoms with Crippen molar-refractivity contribution >= 4 is 11.7 Å². The molecule has 0 aliphatic carbocycles. The Balaban J connectivity index is 2.13. The molecule has 4 nitrogen and oxygen atoms in total. The number of nitrogens with one attached hydrogen (secondary N) is 2. The third-order valence-electron chi connectivity index (χ3n) is 1.93. The first kappa shape index (κ1) is 9.45. The number of hydrogen-bond donors (Lipinski definition) is 1. The Labute approximate surface area is 86.9 Å². The predicted molar refractivity (Wildman–Crippen MR) is 54.4 cm³/mol. The van der Waals surface area contributed by atoms with E-state index in [2.05, 4.69) is 10.3 Å². The van der Waals surface area contributed by atoms with Crippen LogP contribution in [0, 0.1) is 6.92 Å². The monoisotopic (exact) mass is 203 g/mol. The molecule has 4 heteroatoms. The molecule has 0 aliphatic rings. The van der Waals surface area contributed by atoms with Gasteiger partial charge in [0.1, 0.15) is 0 Å². The Kier molecular flexibility index (Phi) is 2.49. The lowest BCUT2D eigenvalue weighted by Gasteiger charge is -1.95. The largest absolute Gasteiger partial charge is 0.457 e. The number of pyridine rings is 1. The molecule has 0 spiro atoms. The molecule has 1 amide bonds. The van der Waals surface area contributed by atoms with E-state index in [4.69, 9.17) is 4.42 Å². The highest BCUT2D eigenvalue weighted by Crippen LogP contribution is 2.04. The number of aryl methyl sites for hydroxylation is 1. The maximum atomic E-state index is 11.6. The summed E-state index contributed by atoms with van der Waals surface area (Å²) in [4.78, 5) is 14.6. The molecule has 2 rings (SSSR count). The predicted octanol–water partition coefficient (Wildman–Crippen LogP) is 1.65. The highest BCUT2D eigenvalue weighted by atomic mass is 16.3. The van der Waals surface area contributed by atoms with Crippen LogP contribution in [0.15, 0.2) is 41.0 Å². The number of anilines is 1. The second kappa shape index (κ2) is 3.96. The first-order chi connectivity index (χ1) is 7.25. The molecule has 15 heavy (non-hydrogen) atoms. The molecule has 76 valence electrons. The zero-order valence-electron chi connectivity index (χ0n) is 8.28. The van der Waals surface area contributed by atoms with Crippen LogP contribution >= 0.6 is 0 Å². The maximum absolute atomic E-state index is 11.6. The molecule has 0 saturated carbocycles. The van der Waals surface area contributed by atoms with Gasteiger partial charge >= 0.3 is 5.91 Å². The minimum atomic E-state index is -0.262. The van der Waals surface area contributed by atoms with E-state index in [9.17, 15) is 4.79 Å². The van der Waals surface area contributed by atoms with Crippen LogP contribution in [0.1, 0.15) is 16.2 Å². The van der Waals surface area contributed by atoms with Crippen LogP contribution in [0.3, 0.4) is 0 Å². The topological polar surface area (TPSA) is 56.4 Å². The number of aromatic amines is 1. The van der Waals surface area contributed by atoms with Gasteiger partial charge in [-0.25, -0.2) is 15.1 Å². The van der Waals surface area contributed by atoms with E-state index >= 15 is 0 Å². The van der Waals surface area contributed by atoms with Gasteiger partial charge in [-0.05, 0) is 25.1 Å². The van der Waals surface area contributed by atoms with Gasteiger partial charge in [-0.2, -0.15) is 0 Å². The molecule has 2 heterocycles. The van der Waals surface area contributed by atoms with Crippen LogP contribution in [0.4, 0.5) is 5.82 Å². The molecule has 0 unspecified atom stereocenters. The molecule has 0 saturated heterocycles. The van der Waals surface area contributed by atoms with Crippen LogP contribution in [0.2, 0.25) is 0 Å². The third kappa shape index (κ3) is 2.22. The average Bonchev–Trinajstić information content (AvgIpc) is 2.70. The summed E-state index contributed by atoms with van der Waals surface area (Å²) in [6, 6.07) is 8.86. The molecule has 0 aromatic carbocycles. The number of carbonyl (C=O) groups excluding carboxylic acids is 1. The fourth-order valence-electron chi connectivity index (χ4n) is 1.25. The van der Waals surface area contributed by atoms with E-state index in [0.29, 0.717) is 11.6 Å². The van der Waals surface area contributed by atoms with Gasteiger partial charge in [0.05, 0.1) is 12.0 Å². The van der Waals surface area contributed by atoms with E-state index < -0.39 is 0 Å². The minimum absolute atomic E-state index is 0.262. The summed E-state index contributed by atoms with van der Waals surface area (Å²) in [5.74, 6) is 0.683. The van der Waals surface area contributed by atoms with Gasteiger partial charge in [-0.15, -0.1) is 0 Å². The van der Waals surface area contributed by atoms with Gasteiger partial charge < -0.3 is 4.42 Å². The van der Waals surface area contributed by atoms with Crippen LogP contribution in [0.5, 0.6) is 0 Å². The summed E-state index contributed by atoms with van der Waals surface area (Å²) >= 11 is 0. The lowest BCUT2D eigenvalue weighted by atomic mass is 10.3. The zero-order chi connectivity index (χ0) is 10.7. The fraction of sp³-hybridized carbons (Fsp3) is 0.0909. The Morgan fingerprint density at radius 1 is 1.33 bits per heavy atom. The summed E-state index contributed by atoms with van der Waals surface area (Å²) in [6.45, 7) is 1.92. The Morgan fingerprint density at radius 3 is 2.87 bits per heavy atom. The van der Waals surface area contributed by atoms with Crippen molar-refractivity contribution in [3.8, 4) is 0 Å². The van der Waals surface area contributed by atoms with Crippen molar-refractivity contribution in [2.45, 2.75) is 6.92 Å². The summed E-state index contributed by atoms with van der Waals surface area (Å²) < 4.78 is 4.97. The van der Waals surface area contributed by atoms with Crippen LogP contribution < -0.4 is 10.3 Å². The quantitative estimate of drug-likeness (QED) is 0.806. The molecular weight excluding hydrogens is 192 g/mol. The number of hydrogen-bond acceptors (Lipinski definition) is 2. The van der Waals surface area contributed by atoms with Crippen molar-refractivity contribution < 1.29 is 14.2 Å². The number of carbonyl (C=O) groups is 1. The van der Waals surface area contributed by atoms with Gasteiger partial charge in [0, 0.05) is 6.07 Å². The van der Waals surface area contributed by atoms with Crippen LogP contribution in [-0.2, 0) is 0 Å². The van der Waals surface area contributed by atoms with E-state index in [0.717, 1.165) is 5.69 Å². The van der Waals surface area contributed by atoms with Gasteiger partial charge in [-0.3, -0.25) is 0 Å². The number of amides is 1. The molecule has 0 radical (unpaired) electrons. The van der Waals surface area contributed by atoms with Crippen molar-refractivity contribution in [3.63, 3.8) is 0 Å². The Morgan fingerprint density at radius 2 is 2.20 bits per heavy atom. The van der Waals surface area contributed by atoms with Crippen LogP contribution in [-0.4, -0.2) is 5.91 Å². The van der Waals surface area contributed by atoms with Gasteiger partial charge in [0.25, 0.3) is 5.82 Å².